The third-order valence-electron chi connectivity index (χ3n) is 2.20. The zero-order chi connectivity index (χ0) is 10.8. The van der Waals surface area contributed by atoms with E-state index in [1.807, 2.05) is 0 Å². The van der Waals surface area contributed by atoms with Crippen LogP contribution in [-0.4, -0.2) is 16.8 Å². The monoisotopic (exact) mass is 193 g/mol. The van der Waals surface area contributed by atoms with Gasteiger partial charge in [0.2, 0.25) is 0 Å². The van der Waals surface area contributed by atoms with E-state index in [0.717, 1.165) is 5.56 Å². The van der Waals surface area contributed by atoms with E-state index in [9.17, 15) is 5.11 Å². The number of aromatic hydroxyl groups is 1. The van der Waals surface area contributed by atoms with Crippen molar-refractivity contribution in [1.29, 1.82) is 0 Å². The molecule has 0 aliphatic rings. The summed E-state index contributed by atoms with van der Waals surface area (Å²) < 4.78 is 0. The molecule has 0 aliphatic heterocycles. The zero-order valence-corrected chi connectivity index (χ0v) is 8.20. The minimum Gasteiger partial charge on any atom is -0.508 e. The fourth-order valence-corrected chi connectivity index (χ4v) is 1.22. The highest BCUT2D eigenvalue weighted by molar-refractivity contribution is 5.53. The lowest BCUT2D eigenvalue weighted by Gasteiger charge is -2.23. The van der Waals surface area contributed by atoms with Crippen molar-refractivity contribution in [2.75, 3.05) is 6.61 Å². The average molecular weight is 193 g/mol. The molecule has 0 aliphatic carbocycles. The number of hydrogen-bond donors (Lipinski definition) is 3. The van der Waals surface area contributed by atoms with E-state index in [-0.39, 0.29) is 12.4 Å². The Balaban J connectivity index is 3.25. The first-order valence-corrected chi connectivity index (χ1v) is 4.37. The molecule has 1 atom stereocenters. The van der Waals surface area contributed by atoms with Crippen LogP contribution in [-0.2, 0) is 5.54 Å². The average Bonchev–Trinajstić information content (AvgIpc) is 2.18. The van der Waals surface area contributed by atoms with Gasteiger partial charge in [-0.1, -0.05) is 18.7 Å². The summed E-state index contributed by atoms with van der Waals surface area (Å²) in [7, 11) is 0. The number of benzene rings is 1. The fourth-order valence-electron chi connectivity index (χ4n) is 1.22. The van der Waals surface area contributed by atoms with Crippen molar-refractivity contribution in [3.8, 4) is 5.75 Å². The Hall–Kier alpha value is -1.32. The van der Waals surface area contributed by atoms with Gasteiger partial charge >= 0.3 is 0 Å². The summed E-state index contributed by atoms with van der Waals surface area (Å²) in [5, 5.41) is 18.6. The van der Waals surface area contributed by atoms with E-state index in [4.69, 9.17) is 10.8 Å². The highest BCUT2D eigenvalue weighted by atomic mass is 16.3. The number of rotatable bonds is 3. The largest absolute Gasteiger partial charge is 0.508 e. The molecule has 0 saturated heterocycles. The molecule has 0 heterocycles. The molecule has 0 radical (unpaired) electrons. The molecule has 0 spiro atoms. The molecular weight excluding hydrogens is 178 g/mol. The van der Waals surface area contributed by atoms with Crippen LogP contribution >= 0.6 is 0 Å². The van der Waals surface area contributed by atoms with Crippen molar-refractivity contribution >= 4 is 6.08 Å². The van der Waals surface area contributed by atoms with Crippen molar-refractivity contribution in [2.45, 2.75) is 12.5 Å². The third kappa shape index (κ3) is 1.95. The maximum Gasteiger partial charge on any atom is 0.120 e. The standard InChI is InChI=1S/C11H15NO2/c1-3-8-4-5-10(14)9(6-8)11(2,12)7-13/h3-6,13-14H,1,7,12H2,2H3/t11-/m1/s1. The highest BCUT2D eigenvalue weighted by Crippen LogP contribution is 2.28. The van der Waals surface area contributed by atoms with Gasteiger partial charge in [0.25, 0.3) is 0 Å². The Morgan fingerprint density at radius 2 is 2.21 bits per heavy atom. The molecule has 76 valence electrons. The van der Waals surface area contributed by atoms with Gasteiger partial charge < -0.3 is 15.9 Å². The minimum absolute atomic E-state index is 0.0923. The quantitative estimate of drug-likeness (QED) is 0.675. The molecule has 4 N–H and O–H groups in total. The summed E-state index contributed by atoms with van der Waals surface area (Å²) in [6.07, 6.45) is 1.66. The lowest BCUT2D eigenvalue weighted by atomic mass is 9.92. The van der Waals surface area contributed by atoms with Crippen LogP contribution in [0.15, 0.2) is 24.8 Å². The van der Waals surface area contributed by atoms with Gasteiger partial charge in [0.15, 0.2) is 0 Å². The van der Waals surface area contributed by atoms with E-state index in [1.165, 1.54) is 0 Å². The minimum atomic E-state index is -0.927. The fraction of sp³-hybridized carbons (Fsp3) is 0.273. The Labute approximate surface area is 83.5 Å². The molecule has 1 aromatic carbocycles. The van der Waals surface area contributed by atoms with Crippen molar-refractivity contribution in [1.82, 2.24) is 0 Å². The van der Waals surface area contributed by atoms with Crippen LogP contribution in [0.4, 0.5) is 0 Å². The van der Waals surface area contributed by atoms with Gasteiger partial charge in [-0.25, -0.2) is 0 Å². The summed E-state index contributed by atoms with van der Waals surface area (Å²) >= 11 is 0. The van der Waals surface area contributed by atoms with Crippen LogP contribution in [0, 0.1) is 0 Å². The lowest BCUT2D eigenvalue weighted by Crippen LogP contribution is -2.37. The number of phenols is 1. The van der Waals surface area contributed by atoms with E-state index < -0.39 is 5.54 Å². The summed E-state index contributed by atoms with van der Waals surface area (Å²) in [6.45, 7) is 5.07. The second-order valence-electron chi connectivity index (χ2n) is 3.56. The summed E-state index contributed by atoms with van der Waals surface area (Å²) in [6, 6.07) is 5.00. The lowest BCUT2D eigenvalue weighted by molar-refractivity contribution is 0.207. The van der Waals surface area contributed by atoms with Gasteiger partial charge in [-0.05, 0) is 24.6 Å². The van der Waals surface area contributed by atoms with Crippen LogP contribution in [0.3, 0.4) is 0 Å². The molecule has 1 rings (SSSR count). The molecule has 1 aromatic rings. The molecule has 0 aromatic heterocycles. The number of nitrogens with two attached hydrogens (primary N) is 1. The molecule has 0 bridgehead atoms. The predicted octanol–water partition coefficient (Wildman–Crippen LogP) is 1.20. The van der Waals surface area contributed by atoms with Gasteiger partial charge in [-0.3, -0.25) is 0 Å². The number of hydrogen-bond acceptors (Lipinski definition) is 3. The van der Waals surface area contributed by atoms with Gasteiger partial charge in [0, 0.05) is 5.56 Å². The maximum absolute atomic E-state index is 9.57. The number of aliphatic hydroxyl groups is 1. The Bertz CT molecular complexity index is 345. The van der Waals surface area contributed by atoms with Gasteiger partial charge in [0.1, 0.15) is 5.75 Å². The van der Waals surface area contributed by atoms with Gasteiger partial charge in [-0.15, -0.1) is 0 Å². The van der Waals surface area contributed by atoms with Crippen molar-refractivity contribution < 1.29 is 10.2 Å². The van der Waals surface area contributed by atoms with E-state index in [0.29, 0.717) is 5.56 Å². The van der Waals surface area contributed by atoms with Crippen LogP contribution in [0.2, 0.25) is 0 Å². The van der Waals surface area contributed by atoms with E-state index >= 15 is 0 Å². The number of phenolic OH excluding ortho intramolecular Hbond substituents is 1. The maximum atomic E-state index is 9.57. The summed E-state index contributed by atoms with van der Waals surface area (Å²) in [5.74, 6) is 0.0923. The van der Waals surface area contributed by atoms with E-state index in [1.54, 1.807) is 31.2 Å². The van der Waals surface area contributed by atoms with Crippen molar-refractivity contribution in [3.63, 3.8) is 0 Å². The molecule has 3 heteroatoms. The molecule has 0 fully saturated rings. The first-order chi connectivity index (χ1) is 6.51. The normalized spacial score (nSPS) is 14.8. The topological polar surface area (TPSA) is 66.5 Å². The molecule has 0 amide bonds. The zero-order valence-electron chi connectivity index (χ0n) is 8.20. The molecule has 0 saturated carbocycles. The van der Waals surface area contributed by atoms with Crippen LogP contribution in [0.25, 0.3) is 6.08 Å². The smallest absolute Gasteiger partial charge is 0.120 e. The van der Waals surface area contributed by atoms with Gasteiger partial charge in [0.05, 0.1) is 12.1 Å². The molecule has 14 heavy (non-hydrogen) atoms. The third-order valence-corrected chi connectivity index (χ3v) is 2.20. The summed E-state index contributed by atoms with van der Waals surface area (Å²) in [5.41, 5.74) is 6.28. The van der Waals surface area contributed by atoms with Crippen LogP contribution in [0.1, 0.15) is 18.1 Å². The predicted molar refractivity (Wildman–Crippen MR) is 56.8 cm³/mol. The molecular formula is C11H15NO2. The van der Waals surface area contributed by atoms with E-state index in [2.05, 4.69) is 6.58 Å². The SMILES string of the molecule is C=Cc1ccc(O)c([C@](C)(N)CO)c1. The van der Waals surface area contributed by atoms with Crippen LogP contribution in [0.5, 0.6) is 5.75 Å². The van der Waals surface area contributed by atoms with Crippen molar-refractivity contribution in [3.05, 3.63) is 35.9 Å². The highest BCUT2D eigenvalue weighted by Gasteiger charge is 2.23. The van der Waals surface area contributed by atoms with Crippen molar-refractivity contribution in [2.24, 2.45) is 5.73 Å². The molecule has 3 nitrogen and oxygen atoms in total. The Kier molecular flexibility index (Phi) is 2.93. The molecule has 0 unspecified atom stereocenters. The first kappa shape index (κ1) is 10.8. The second-order valence-corrected chi connectivity index (χ2v) is 3.56. The Morgan fingerprint density at radius 1 is 1.57 bits per heavy atom. The Morgan fingerprint density at radius 3 is 2.71 bits per heavy atom. The number of aliphatic hydroxyl groups excluding tert-OH is 1. The second kappa shape index (κ2) is 3.82. The first-order valence-electron chi connectivity index (χ1n) is 4.37. The van der Waals surface area contributed by atoms with Gasteiger partial charge in [-0.2, -0.15) is 0 Å². The van der Waals surface area contributed by atoms with Crippen LogP contribution < -0.4 is 5.73 Å². The summed E-state index contributed by atoms with van der Waals surface area (Å²) in [4.78, 5) is 0.